The van der Waals surface area contributed by atoms with Gasteiger partial charge in [0.2, 0.25) is 0 Å². The number of aliphatic imine (C=N–C) groups is 1. The molecule has 0 bridgehead atoms. The molecular weight excluding hydrogens is 284 g/mol. The standard InChI is InChI=1S/C20H22N2O/c1-2-4-15(5-3-1)16-6-8-17(9-7-16)19-14-18(10-13-23-19)20-21-11-12-22-20/h1-9,18-19H,10-14H2,(H,21,22)/t18?,19-/m1/s1. The van der Waals surface area contributed by atoms with Crippen molar-refractivity contribution < 1.29 is 4.74 Å². The minimum Gasteiger partial charge on any atom is -0.373 e. The van der Waals surface area contributed by atoms with Gasteiger partial charge >= 0.3 is 0 Å². The van der Waals surface area contributed by atoms with Gasteiger partial charge in [0.25, 0.3) is 0 Å². The molecule has 3 heteroatoms. The van der Waals surface area contributed by atoms with E-state index < -0.39 is 0 Å². The Balaban J connectivity index is 1.49. The summed E-state index contributed by atoms with van der Waals surface area (Å²) in [7, 11) is 0. The molecule has 0 radical (unpaired) electrons. The highest BCUT2D eigenvalue weighted by molar-refractivity contribution is 5.86. The van der Waals surface area contributed by atoms with Crippen LogP contribution in [0.3, 0.4) is 0 Å². The summed E-state index contributed by atoms with van der Waals surface area (Å²) in [5.41, 5.74) is 3.78. The second-order valence-corrected chi connectivity index (χ2v) is 6.26. The van der Waals surface area contributed by atoms with E-state index in [9.17, 15) is 0 Å². The molecule has 0 spiro atoms. The van der Waals surface area contributed by atoms with Crippen molar-refractivity contribution in [2.75, 3.05) is 19.7 Å². The fourth-order valence-corrected chi connectivity index (χ4v) is 3.49. The Bertz CT molecular complexity index is 679. The highest BCUT2D eigenvalue weighted by Crippen LogP contribution is 2.33. The van der Waals surface area contributed by atoms with Crippen LogP contribution < -0.4 is 5.32 Å². The molecule has 23 heavy (non-hydrogen) atoms. The van der Waals surface area contributed by atoms with Crippen molar-refractivity contribution in [2.24, 2.45) is 10.9 Å². The van der Waals surface area contributed by atoms with Crippen LogP contribution in [-0.4, -0.2) is 25.5 Å². The molecule has 0 aromatic heterocycles. The average Bonchev–Trinajstić information content (AvgIpc) is 3.18. The van der Waals surface area contributed by atoms with Gasteiger partial charge in [-0.25, -0.2) is 0 Å². The molecule has 4 rings (SSSR count). The number of hydrogen-bond donors (Lipinski definition) is 1. The zero-order valence-corrected chi connectivity index (χ0v) is 13.2. The van der Waals surface area contributed by atoms with E-state index in [-0.39, 0.29) is 6.10 Å². The van der Waals surface area contributed by atoms with Crippen LogP contribution in [0.15, 0.2) is 59.6 Å². The summed E-state index contributed by atoms with van der Waals surface area (Å²) < 4.78 is 6.02. The van der Waals surface area contributed by atoms with E-state index in [1.54, 1.807) is 0 Å². The maximum Gasteiger partial charge on any atom is 0.0997 e. The molecule has 1 unspecified atom stereocenters. The Morgan fingerprint density at radius 3 is 2.48 bits per heavy atom. The maximum absolute atomic E-state index is 6.02. The van der Waals surface area contributed by atoms with Crippen LogP contribution in [0.4, 0.5) is 0 Å². The minimum absolute atomic E-state index is 0.184. The summed E-state index contributed by atoms with van der Waals surface area (Å²) in [6.45, 7) is 2.72. The van der Waals surface area contributed by atoms with E-state index in [1.165, 1.54) is 22.5 Å². The number of hydrogen-bond acceptors (Lipinski definition) is 3. The van der Waals surface area contributed by atoms with Gasteiger partial charge in [-0.15, -0.1) is 0 Å². The molecule has 2 aromatic rings. The van der Waals surface area contributed by atoms with Gasteiger partial charge in [-0.2, -0.15) is 0 Å². The fraction of sp³-hybridized carbons (Fsp3) is 0.350. The summed E-state index contributed by atoms with van der Waals surface area (Å²) in [6, 6.07) is 19.3. The monoisotopic (exact) mass is 306 g/mol. The molecule has 0 saturated carbocycles. The van der Waals surface area contributed by atoms with Crippen molar-refractivity contribution in [2.45, 2.75) is 18.9 Å². The largest absolute Gasteiger partial charge is 0.373 e. The van der Waals surface area contributed by atoms with Gasteiger partial charge < -0.3 is 10.1 Å². The van der Waals surface area contributed by atoms with Crippen LogP contribution in [0.25, 0.3) is 11.1 Å². The molecule has 2 aliphatic heterocycles. The topological polar surface area (TPSA) is 33.6 Å². The first-order valence-electron chi connectivity index (χ1n) is 8.45. The van der Waals surface area contributed by atoms with Gasteiger partial charge in [-0.05, 0) is 29.5 Å². The number of benzene rings is 2. The van der Waals surface area contributed by atoms with Gasteiger partial charge in [0.05, 0.1) is 18.5 Å². The number of rotatable bonds is 3. The summed E-state index contributed by atoms with van der Waals surface area (Å²) >= 11 is 0. The third kappa shape index (κ3) is 3.15. The van der Waals surface area contributed by atoms with Crippen LogP contribution in [0, 0.1) is 5.92 Å². The average molecular weight is 306 g/mol. The van der Waals surface area contributed by atoms with Crippen LogP contribution in [0.1, 0.15) is 24.5 Å². The number of ether oxygens (including phenoxy) is 1. The Kier molecular flexibility index (Phi) is 4.12. The first-order chi connectivity index (χ1) is 11.4. The Hall–Kier alpha value is -2.13. The summed E-state index contributed by atoms with van der Waals surface area (Å²) in [4.78, 5) is 4.59. The number of amidine groups is 1. The van der Waals surface area contributed by atoms with E-state index in [0.29, 0.717) is 5.92 Å². The second-order valence-electron chi connectivity index (χ2n) is 6.26. The molecule has 2 atom stereocenters. The lowest BCUT2D eigenvalue weighted by molar-refractivity contribution is 0.00244. The van der Waals surface area contributed by atoms with Crippen molar-refractivity contribution in [1.29, 1.82) is 0 Å². The molecule has 2 aromatic carbocycles. The van der Waals surface area contributed by atoms with Crippen molar-refractivity contribution in [1.82, 2.24) is 5.32 Å². The molecule has 1 saturated heterocycles. The minimum atomic E-state index is 0.184. The zero-order chi connectivity index (χ0) is 15.5. The predicted octanol–water partition coefficient (Wildman–Crippen LogP) is 3.82. The molecule has 1 fully saturated rings. The lowest BCUT2D eigenvalue weighted by atomic mass is 9.90. The first-order valence-corrected chi connectivity index (χ1v) is 8.45. The predicted molar refractivity (Wildman–Crippen MR) is 93.6 cm³/mol. The van der Waals surface area contributed by atoms with Crippen molar-refractivity contribution >= 4 is 5.84 Å². The molecule has 0 aliphatic carbocycles. The lowest BCUT2D eigenvalue weighted by Crippen LogP contribution is -2.32. The molecule has 2 aliphatic rings. The van der Waals surface area contributed by atoms with Gasteiger partial charge in [0.1, 0.15) is 0 Å². The number of nitrogens with zero attached hydrogens (tertiary/aromatic N) is 1. The maximum atomic E-state index is 6.02. The van der Waals surface area contributed by atoms with Gasteiger partial charge in [0.15, 0.2) is 0 Å². The zero-order valence-electron chi connectivity index (χ0n) is 13.2. The lowest BCUT2D eigenvalue weighted by Gasteiger charge is -2.30. The van der Waals surface area contributed by atoms with Gasteiger partial charge in [0, 0.05) is 19.1 Å². The quantitative estimate of drug-likeness (QED) is 0.935. The highest BCUT2D eigenvalue weighted by atomic mass is 16.5. The third-order valence-electron chi connectivity index (χ3n) is 4.76. The van der Waals surface area contributed by atoms with Gasteiger partial charge in [-0.1, -0.05) is 54.6 Å². The molecule has 0 amide bonds. The summed E-state index contributed by atoms with van der Waals surface area (Å²) in [5.74, 6) is 1.71. The van der Waals surface area contributed by atoms with Crippen molar-refractivity contribution in [3.8, 4) is 11.1 Å². The Labute approximate surface area is 137 Å². The van der Waals surface area contributed by atoms with Gasteiger partial charge in [-0.3, -0.25) is 4.99 Å². The van der Waals surface area contributed by atoms with E-state index in [2.05, 4.69) is 58.8 Å². The molecule has 2 heterocycles. The van der Waals surface area contributed by atoms with E-state index in [0.717, 1.165) is 32.5 Å². The van der Waals surface area contributed by atoms with Crippen molar-refractivity contribution in [3.05, 3.63) is 60.2 Å². The number of nitrogens with one attached hydrogen (secondary N) is 1. The smallest absolute Gasteiger partial charge is 0.0997 e. The normalized spacial score (nSPS) is 24.1. The van der Waals surface area contributed by atoms with Crippen LogP contribution in [0.5, 0.6) is 0 Å². The Morgan fingerprint density at radius 2 is 1.74 bits per heavy atom. The highest BCUT2D eigenvalue weighted by Gasteiger charge is 2.28. The summed E-state index contributed by atoms with van der Waals surface area (Å²) in [5, 5.41) is 3.42. The Morgan fingerprint density at radius 1 is 0.957 bits per heavy atom. The first kappa shape index (κ1) is 14.5. The molecule has 118 valence electrons. The molecule has 1 N–H and O–H groups in total. The SMILES string of the molecule is c1ccc(-c2ccc([C@H]3CC(C4=NCCN4)CCO3)cc2)cc1. The summed E-state index contributed by atoms with van der Waals surface area (Å²) in [6.07, 6.45) is 2.28. The molecular formula is C20H22N2O. The molecule has 3 nitrogen and oxygen atoms in total. The van der Waals surface area contributed by atoms with Crippen LogP contribution in [-0.2, 0) is 4.74 Å². The fourth-order valence-electron chi connectivity index (χ4n) is 3.49. The van der Waals surface area contributed by atoms with E-state index >= 15 is 0 Å². The second kappa shape index (κ2) is 6.55. The third-order valence-corrected chi connectivity index (χ3v) is 4.76. The van der Waals surface area contributed by atoms with E-state index in [1.807, 2.05) is 6.07 Å². The van der Waals surface area contributed by atoms with E-state index in [4.69, 9.17) is 4.74 Å². The van der Waals surface area contributed by atoms with Crippen molar-refractivity contribution in [3.63, 3.8) is 0 Å². The van der Waals surface area contributed by atoms with Crippen LogP contribution in [0.2, 0.25) is 0 Å². The van der Waals surface area contributed by atoms with Crippen LogP contribution >= 0.6 is 0 Å².